The maximum atomic E-state index is 5.22. The molecule has 1 N–H and O–H groups in total. The summed E-state index contributed by atoms with van der Waals surface area (Å²) < 4.78 is 5.22. The van der Waals surface area contributed by atoms with Gasteiger partial charge in [0, 0.05) is 6.04 Å². The molecule has 5 nitrogen and oxygen atoms in total. The molecule has 0 aliphatic heterocycles. The molecule has 1 saturated carbocycles. The number of aryl methyl sites for hydroxylation is 2. The van der Waals surface area contributed by atoms with Crippen molar-refractivity contribution in [1.29, 1.82) is 0 Å². The monoisotopic (exact) mass is 218 g/mol. The minimum Gasteiger partial charge on any atom is -0.367 e. The van der Waals surface area contributed by atoms with Gasteiger partial charge in [0.1, 0.15) is 17.0 Å². The SMILES string of the molecule is CCc1noc2nc(C)nc(NC3CC3)c12. The second-order valence-electron chi connectivity index (χ2n) is 4.20. The molecular weight excluding hydrogens is 204 g/mol. The summed E-state index contributed by atoms with van der Waals surface area (Å²) in [6, 6.07) is 0.567. The van der Waals surface area contributed by atoms with E-state index in [1.165, 1.54) is 12.8 Å². The number of fused-ring (bicyclic) bond motifs is 1. The molecule has 0 unspecified atom stereocenters. The van der Waals surface area contributed by atoms with Gasteiger partial charge in [0.05, 0.1) is 5.69 Å². The predicted octanol–water partition coefficient (Wildman–Crippen LogP) is 2.06. The summed E-state index contributed by atoms with van der Waals surface area (Å²) in [5, 5.41) is 8.38. The molecule has 0 bridgehead atoms. The van der Waals surface area contributed by atoms with E-state index >= 15 is 0 Å². The molecule has 0 aromatic carbocycles. The molecule has 84 valence electrons. The Morgan fingerprint density at radius 1 is 1.38 bits per heavy atom. The third-order valence-electron chi connectivity index (χ3n) is 2.77. The molecule has 0 spiro atoms. The summed E-state index contributed by atoms with van der Waals surface area (Å²) in [6.07, 6.45) is 3.27. The molecule has 0 saturated heterocycles. The molecule has 0 radical (unpaired) electrons. The minimum absolute atomic E-state index is 0.567. The Kier molecular flexibility index (Phi) is 2.05. The van der Waals surface area contributed by atoms with E-state index in [4.69, 9.17) is 4.52 Å². The Balaban J connectivity index is 2.16. The Morgan fingerprint density at radius 3 is 2.88 bits per heavy atom. The quantitative estimate of drug-likeness (QED) is 0.854. The van der Waals surface area contributed by atoms with Gasteiger partial charge in [-0.05, 0) is 26.2 Å². The zero-order chi connectivity index (χ0) is 11.1. The minimum atomic E-state index is 0.567. The Morgan fingerprint density at radius 2 is 2.19 bits per heavy atom. The summed E-state index contributed by atoms with van der Waals surface area (Å²) in [5.74, 6) is 1.59. The molecular formula is C11H14N4O. The van der Waals surface area contributed by atoms with Crippen LogP contribution < -0.4 is 5.32 Å². The Hall–Kier alpha value is -1.65. The van der Waals surface area contributed by atoms with Crippen molar-refractivity contribution in [3.63, 3.8) is 0 Å². The molecule has 1 aliphatic rings. The van der Waals surface area contributed by atoms with E-state index in [1.54, 1.807) is 0 Å². The van der Waals surface area contributed by atoms with Crippen LogP contribution in [0.2, 0.25) is 0 Å². The molecule has 5 heteroatoms. The zero-order valence-corrected chi connectivity index (χ0v) is 9.45. The number of hydrogen-bond donors (Lipinski definition) is 1. The van der Waals surface area contributed by atoms with Gasteiger partial charge in [-0.3, -0.25) is 0 Å². The van der Waals surface area contributed by atoms with Gasteiger partial charge in [-0.15, -0.1) is 0 Å². The first-order chi connectivity index (χ1) is 7.78. The molecule has 1 fully saturated rings. The number of nitrogens with zero attached hydrogens (tertiary/aromatic N) is 3. The largest absolute Gasteiger partial charge is 0.367 e. The second-order valence-corrected chi connectivity index (χ2v) is 4.20. The molecule has 1 aliphatic carbocycles. The summed E-state index contributed by atoms with van der Waals surface area (Å²) in [6.45, 7) is 3.92. The zero-order valence-electron chi connectivity index (χ0n) is 9.45. The van der Waals surface area contributed by atoms with Crippen LogP contribution in [0.3, 0.4) is 0 Å². The number of aromatic nitrogens is 3. The second kappa shape index (κ2) is 3.43. The van der Waals surface area contributed by atoms with Crippen molar-refractivity contribution < 1.29 is 4.52 Å². The summed E-state index contributed by atoms with van der Waals surface area (Å²) in [5.41, 5.74) is 1.52. The van der Waals surface area contributed by atoms with Crippen LogP contribution in [-0.2, 0) is 6.42 Å². The highest BCUT2D eigenvalue weighted by Gasteiger charge is 2.24. The molecule has 0 atom stereocenters. The first-order valence-electron chi connectivity index (χ1n) is 5.67. The Bertz CT molecular complexity index is 530. The first kappa shape index (κ1) is 9.57. The predicted molar refractivity (Wildman–Crippen MR) is 60.4 cm³/mol. The highest BCUT2D eigenvalue weighted by atomic mass is 16.5. The maximum absolute atomic E-state index is 5.22. The topological polar surface area (TPSA) is 63.8 Å². The third kappa shape index (κ3) is 1.52. The van der Waals surface area contributed by atoms with Crippen molar-refractivity contribution in [1.82, 2.24) is 15.1 Å². The van der Waals surface area contributed by atoms with Crippen LogP contribution in [0, 0.1) is 6.92 Å². The van der Waals surface area contributed by atoms with Crippen molar-refractivity contribution in [2.45, 2.75) is 39.2 Å². The average molecular weight is 218 g/mol. The van der Waals surface area contributed by atoms with Crippen molar-refractivity contribution in [3.8, 4) is 0 Å². The molecule has 2 heterocycles. The molecule has 0 amide bonds. The van der Waals surface area contributed by atoms with Crippen molar-refractivity contribution >= 4 is 16.9 Å². The van der Waals surface area contributed by atoms with Gasteiger partial charge >= 0.3 is 0 Å². The summed E-state index contributed by atoms with van der Waals surface area (Å²) in [7, 11) is 0. The number of rotatable bonds is 3. The van der Waals surface area contributed by atoms with E-state index < -0.39 is 0 Å². The number of anilines is 1. The summed E-state index contributed by atoms with van der Waals surface area (Å²) in [4.78, 5) is 8.69. The fraction of sp³-hybridized carbons (Fsp3) is 0.545. The van der Waals surface area contributed by atoms with E-state index in [1.807, 2.05) is 6.92 Å². The highest BCUT2D eigenvalue weighted by molar-refractivity contribution is 5.88. The van der Waals surface area contributed by atoms with Crippen molar-refractivity contribution in [3.05, 3.63) is 11.5 Å². The fourth-order valence-corrected chi connectivity index (χ4v) is 1.78. The van der Waals surface area contributed by atoms with Crippen molar-refractivity contribution in [2.75, 3.05) is 5.32 Å². The Labute approximate surface area is 93.3 Å². The van der Waals surface area contributed by atoms with Gasteiger partial charge in [0.15, 0.2) is 0 Å². The van der Waals surface area contributed by atoms with E-state index in [-0.39, 0.29) is 0 Å². The van der Waals surface area contributed by atoms with Crippen LogP contribution in [0.4, 0.5) is 5.82 Å². The maximum Gasteiger partial charge on any atom is 0.263 e. The van der Waals surface area contributed by atoms with Gasteiger partial charge in [0.25, 0.3) is 5.71 Å². The standard InChI is InChI=1S/C11H14N4O/c1-3-8-9-10(14-7-4-5-7)12-6(2)13-11(9)16-15-8/h7H,3-5H2,1-2H3,(H,12,13,14). The number of hydrogen-bond acceptors (Lipinski definition) is 5. The first-order valence-corrected chi connectivity index (χ1v) is 5.67. The lowest BCUT2D eigenvalue weighted by Crippen LogP contribution is -2.05. The van der Waals surface area contributed by atoms with Crippen molar-refractivity contribution in [2.24, 2.45) is 0 Å². The summed E-state index contributed by atoms with van der Waals surface area (Å²) >= 11 is 0. The fourth-order valence-electron chi connectivity index (χ4n) is 1.78. The lowest BCUT2D eigenvalue weighted by Gasteiger charge is -2.05. The van der Waals surface area contributed by atoms with Crippen LogP contribution in [0.15, 0.2) is 4.52 Å². The van der Waals surface area contributed by atoms with E-state index in [0.29, 0.717) is 11.8 Å². The van der Waals surface area contributed by atoms with E-state index in [9.17, 15) is 0 Å². The van der Waals surface area contributed by atoms with E-state index in [0.717, 1.165) is 29.1 Å². The van der Waals surface area contributed by atoms with Crippen LogP contribution in [0.25, 0.3) is 11.1 Å². The van der Waals surface area contributed by atoms with Gasteiger partial charge in [-0.25, -0.2) is 4.98 Å². The van der Waals surface area contributed by atoms with Crippen LogP contribution in [0.5, 0.6) is 0 Å². The van der Waals surface area contributed by atoms with Crippen LogP contribution in [0.1, 0.15) is 31.3 Å². The lowest BCUT2D eigenvalue weighted by molar-refractivity contribution is 0.439. The third-order valence-corrected chi connectivity index (χ3v) is 2.77. The van der Waals surface area contributed by atoms with Crippen LogP contribution >= 0.6 is 0 Å². The van der Waals surface area contributed by atoms with Gasteiger partial charge in [-0.1, -0.05) is 12.1 Å². The van der Waals surface area contributed by atoms with Crippen LogP contribution in [-0.4, -0.2) is 21.2 Å². The molecule has 3 rings (SSSR count). The van der Waals surface area contributed by atoms with E-state index in [2.05, 4.69) is 27.4 Å². The lowest BCUT2D eigenvalue weighted by atomic mass is 10.2. The molecule has 16 heavy (non-hydrogen) atoms. The van der Waals surface area contributed by atoms with Gasteiger partial charge in [0.2, 0.25) is 0 Å². The average Bonchev–Trinajstić information content (AvgIpc) is 2.96. The number of nitrogens with one attached hydrogen (secondary N) is 1. The molecule has 2 aromatic rings. The van der Waals surface area contributed by atoms with Gasteiger partial charge in [-0.2, -0.15) is 4.98 Å². The van der Waals surface area contributed by atoms with Gasteiger partial charge < -0.3 is 9.84 Å². The highest BCUT2D eigenvalue weighted by Crippen LogP contribution is 2.29. The molecule has 2 aromatic heterocycles. The normalized spacial score (nSPS) is 15.6. The smallest absolute Gasteiger partial charge is 0.263 e.